The molecule has 0 N–H and O–H groups in total. The number of hydrogen-bond donors (Lipinski definition) is 0. The van der Waals surface area contributed by atoms with Gasteiger partial charge in [-0.05, 0) is 86.6 Å². The quantitative estimate of drug-likeness (QED) is 0.204. The molecule has 13 heteroatoms. The number of hydrogen-bond acceptors (Lipinski definition) is 11. The lowest BCUT2D eigenvalue weighted by molar-refractivity contribution is -0.127. The number of nitriles is 1. The van der Waals surface area contributed by atoms with E-state index in [9.17, 15) is 5.26 Å². The molecule has 0 radical (unpaired) electrons. The van der Waals surface area contributed by atoms with E-state index in [1.165, 1.54) is 38.6 Å². The summed E-state index contributed by atoms with van der Waals surface area (Å²) in [5.41, 5.74) is 1.48. The number of ether oxygens (including phenoxy) is 3. The maximum absolute atomic E-state index is 15.7. The van der Waals surface area contributed by atoms with Crippen LogP contribution >= 0.6 is 0 Å². The summed E-state index contributed by atoms with van der Waals surface area (Å²) in [7, 11) is -1.60. The second-order valence-corrected chi connectivity index (χ2v) is 14.0. The van der Waals surface area contributed by atoms with E-state index in [0.717, 1.165) is 15.7 Å². The molecule has 5 aromatic rings. The Morgan fingerprint density at radius 1 is 0.882 bits per heavy atom. The van der Waals surface area contributed by atoms with Crippen LogP contribution in [0.2, 0.25) is 0 Å². The molecular weight excluding hydrogens is 669 g/mol. The average Bonchev–Trinajstić information content (AvgIpc) is 3.42. The number of piperazine rings is 1. The Hall–Kier alpha value is -5.71. The van der Waals surface area contributed by atoms with E-state index in [-0.39, 0.29) is 28.3 Å². The van der Waals surface area contributed by atoms with Gasteiger partial charge in [0.25, 0.3) is 15.9 Å². The fraction of sp³-hybridized carbons (Fsp3) is 0.263. The van der Waals surface area contributed by atoms with Crippen molar-refractivity contribution in [1.29, 1.82) is 5.26 Å². The number of rotatable bonds is 9. The van der Waals surface area contributed by atoms with Crippen molar-refractivity contribution in [3.63, 3.8) is 0 Å². The summed E-state index contributed by atoms with van der Waals surface area (Å²) in [6, 6.07) is 22.4. The van der Waals surface area contributed by atoms with Crippen LogP contribution in [0.3, 0.4) is 0 Å². The van der Waals surface area contributed by atoms with Gasteiger partial charge in [0.2, 0.25) is 0 Å². The van der Waals surface area contributed by atoms with Crippen LogP contribution < -0.4 is 23.4 Å². The molecule has 2 aromatic heterocycles. The predicted molar refractivity (Wildman–Crippen MR) is 192 cm³/mol. The Morgan fingerprint density at radius 3 is 2.37 bits per heavy atom. The van der Waals surface area contributed by atoms with E-state index in [1.807, 2.05) is 30.9 Å². The molecule has 51 heavy (non-hydrogen) atoms. The number of aryl methyl sites for hydroxylation is 1. The minimum absolute atomic E-state index is 0.136. The Kier molecular flexibility index (Phi) is 8.74. The summed E-state index contributed by atoms with van der Waals surface area (Å²) in [4.78, 5) is 28.5. The summed E-state index contributed by atoms with van der Waals surface area (Å²) in [5, 5.41) is 10.6. The van der Waals surface area contributed by atoms with Crippen LogP contribution in [0.4, 0.5) is 11.4 Å². The van der Waals surface area contributed by atoms with Crippen molar-refractivity contribution < 1.29 is 27.4 Å². The molecule has 0 bridgehead atoms. The van der Waals surface area contributed by atoms with Crippen molar-refractivity contribution in [2.24, 2.45) is 0 Å². The van der Waals surface area contributed by atoms with Gasteiger partial charge in [-0.25, -0.2) is 12.7 Å². The molecule has 2 aliphatic rings. The van der Waals surface area contributed by atoms with Crippen LogP contribution in [0.5, 0.6) is 17.2 Å². The van der Waals surface area contributed by atoms with Crippen LogP contribution in [0.15, 0.2) is 90.1 Å². The second kappa shape index (κ2) is 13.2. The van der Waals surface area contributed by atoms with Crippen molar-refractivity contribution in [2.45, 2.75) is 24.3 Å². The Labute approximate surface area is 296 Å². The Balaban J connectivity index is 1.48. The molecule has 1 unspecified atom stereocenters. The Morgan fingerprint density at radius 2 is 1.67 bits per heavy atom. The predicted octanol–water partition coefficient (Wildman–Crippen LogP) is 5.03. The number of sulfonamides is 1. The van der Waals surface area contributed by atoms with Gasteiger partial charge in [0.15, 0.2) is 5.54 Å². The third kappa shape index (κ3) is 5.38. The molecule has 12 nitrogen and oxygen atoms in total. The Bertz CT molecular complexity index is 2320. The lowest BCUT2D eigenvalue weighted by Crippen LogP contribution is -2.60. The highest BCUT2D eigenvalue weighted by molar-refractivity contribution is 7.93. The molecular formula is C38H36N6O6S. The van der Waals surface area contributed by atoms with Gasteiger partial charge >= 0.3 is 0 Å². The van der Waals surface area contributed by atoms with Crippen LogP contribution in [0, 0.1) is 18.3 Å². The topological polar surface area (TPSA) is 138 Å². The van der Waals surface area contributed by atoms with Crippen molar-refractivity contribution in [1.82, 2.24) is 14.9 Å². The largest absolute Gasteiger partial charge is 0.497 e. The van der Waals surface area contributed by atoms with E-state index in [0.29, 0.717) is 59.9 Å². The number of pyridine rings is 2. The third-order valence-corrected chi connectivity index (χ3v) is 11.3. The number of carbonyl (C=O) groups excluding carboxylic acids is 1. The zero-order valence-corrected chi connectivity index (χ0v) is 29.5. The number of fused-ring (bicyclic) bond motifs is 2. The summed E-state index contributed by atoms with van der Waals surface area (Å²) in [6.07, 6.45) is 3.27. The lowest BCUT2D eigenvalue weighted by Gasteiger charge is -2.46. The minimum Gasteiger partial charge on any atom is -0.497 e. The monoisotopic (exact) mass is 704 g/mol. The van der Waals surface area contributed by atoms with Crippen LogP contribution in [0.1, 0.15) is 29.3 Å². The smallest absolute Gasteiger partial charge is 0.273 e. The number of methoxy groups -OCH3 is 2. The van der Waals surface area contributed by atoms with Crippen LogP contribution in [-0.2, 0) is 20.4 Å². The van der Waals surface area contributed by atoms with Crippen LogP contribution in [-0.4, -0.2) is 76.2 Å². The average molecular weight is 705 g/mol. The molecule has 1 atom stereocenters. The van der Waals surface area contributed by atoms with Gasteiger partial charge in [0.05, 0.1) is 43.7 Å². The van der Waals surface area contributed by atoms with E-state index in [2.05, 4.69) is 20.9 Å². The molecule has 1 amide bonds. The summed E-state index contributed by atoms with van der Waals surface area (Å²) >= 11 is 0. The first-order chi connectivity index (χ1) is 24.7. The zero-order chi connectivity index (χ0) is 35.9. The molecule has 3 aromatic carbocycles. The van der Waals surface area contributed by atoms with Gasteiger partial charge in [-0.1, -0.05) is 0 Å². The highest BCUT2D eigenvalue weighted by Crippen LogP contribution is 2.54. The SMILES string of the molecule is CCOc1ccc(OC)cc1C1(N2CCN(c3ccnc(C)c3)CC2)C(=O)N(S(=O)(=O)c2ccc(OC)c3cccnc23)c2ccc(C#N)cc21. The van der Waals surface area contributed by atoms with Crippen molar-refractivity contribution in [3.8, 4) is 23.3 Å². The van der Waals surface area contributed by atoms with Gasteiger partial charge in [-0.15, -0.1) is 0 Å². The van der Waals surface area contributed by atoms with Gasteiger partial charge in [0, 0.05) is 66.5 Å². The van der Waals surface area contributed by atoms with Gasteiger partial charge in [-0.2, -0.15) is 5.26 Å². The summed E-state index contributed by atoms with van der Waals surface area (Å²) in [5.74, 6) is 0.562. The highest BCUT2D eigenvalue weighted by Gasteiger charge is 2.61. The van der Waals surface area contributed by atoms with Crippen molar-refractivity contribution >= 4 is 38.2 Å². The third-order valence-electron chi connectivity index (χ3n) is 9.53. The number of anilines is 2. The molecule has 0 spiro atoms. The maximum Gasteiger partial charge on any atom is 0.273 e. The first kappa shape index (κ1) is 33.8. The van der Waals surface area contributed by atoms with E-state index >= 15 is 13.2 Å². The molecule has 1 fully saturated rings. The number of amides is 1. The summed E-state index contributed by atoms with van der Waals surface area (Å²) < 4.78 is 48.3. The summed E-state index contributed by atoms with van der Waals surface area (Å²) in [6.45, 7) is 5.85. The molecule has 2 aliphatic heterocycles. The second-order valence-electron chi connectivity index (χ2n) is 12.2. The zero-order valence-electron chi connectivity index (χ0n) is 28.7. The van der Waals surface area contributed by atoms with Crippen LogP contribution in [0.25, 0.3) is 10.9 Å². The standard InChI is InChI=1S/C38H36N6O6S/c1-5-50-34-11-9-28(48-3)23-31(34)38(43-19-17-42(18-20-43)27-14-16-40-25(2)21-27)30-22-26(24-39)8-10-32(30)44(37(38)45)51(46,47)35-13-12-33(49-4)29-7-6-15-41-36(29)35/h6-16,21-23H,5,17-20H2,1-4H3. The first-order valence-corrected chi connectivity index (χ1v) is 17.9. The normalized spacial score (nSPS) is 17.7. The first-order valence-electron chi connectivity index (χ1n) is 16.5. The molecule has 260 valence electrons. The van der Waals surface area contributed by atoms with E-state index in [4.69, 9.17) is 14.2 Å². The van der Waals surface area contributed by atoms with Gasteiger partial charge < -0.3 is 19.1 Å². The van der Waals surface area contributed by atoms with Crippen molar-refractivity contribution in [3.05, 3.63) is 108 Å². The lowest BCUT2D eigenvalue weighted by atomic mass is 9.80. The highest BCUT2D eigenvalue weighted by atomic mass is 32.2. The van der Waals surface area contributed by atoms with E-state index in [1.54, 1.807) is 48.7 Å². The number of aromatic nitrogens is 2. The van der Waals surface area contributed by atoms with E-state index < -0.39 is 21.5 Å². The molecule has 1 saturated heterocycles. The molecule has 7 rings (SSSR count). The van der Waals surface area contributed by atoms with Gasteiger partial charge in [-0.3, -0.25) is 19.7 Å². The minimum atomic E-state index is -4.62. The number of nitrogens with zero attached hydrogens (tertiary/aromatic N) is 6. The number of carbonyl (C=O) groups is 1. The number of benzene rings is 3. The molecule has 0 saturated carbocycles. The molecule has 4 heterocycles. The fourth-order valence-corrected chi connectivity index (χ4v) is 8.86. The van der Waals surface area contributed by atoms with Gasteiger partial charge in [0.1, 0.15) is 22.1 Å². The van der Waals surface area contributed by atoms with Crippen molar-refractivity contribution in [2.75, 3.05) is 56.2 Å². The fourth-order valence-electron chi connectivity index (χ4n) is 7.25. The maximum atomic E-state index is 15.7. The molecule has 0 aliphatic carbocycles.